The summed E-state index contributed by atoms with van der Waals surface area (Å²) in [5.41, 5.74) is 16.7. The number of aliphatic hydroxyl groups is 1. The van der Waals surface area contributed by atoms with Crippen molar-refractivity contribution in [3.8, 4) is 11.3 Å². The maximum atomic E-state index is 14.4. The first-order valence-corrected chi connectivity index (χ1v) is 10.5. The molecule has 0 radical (unpaired) electrons. The van der Waals surface area contributed by atoms with Gasteiger partial charge in [-0.2, -0.15) is 0 Å². The second kappa shape index (κ2) is 9.99. The minimum Gasteiger partial charge on any atom is -0.388 e. The van der Waals surface area contributed by atoms with Gasteiger partial charge in [-0.1, -0.05) is 56.8 Å². The van der Waals surface area contributed by atoms with Crippen LogP contribution in [0.25, 0.3) is 16.8 Å². The SMILES string of the molecule is C=C(c1nc(-c2ccc(C(O)C(C)C)cc2)cnc1N)C(N)c1ccc(CNC)c(F)c1. The summed E-state index contributed by atoms with van der Waals surface area (Å²) < 4.78 is 14.4. The molecule has 6 nitrogen and oxygen atoms in total. The fourth-order valence-corrected chi connectivity index (χ4v) is 3.45. The monoisotopic (exact) mass is 435 g/mol. The van der Waals surface area contributed by atoms with E-state index in [4.69, 9.17) is 11.5 Å². The lowest BCUT2D eigenvalue weighted by molar-refractivity contribution is 0.127. The predicted octanol–water partition coefficient (Wildman–Crippen LogP) is 3.99. The highest BCUT2D eigenvalue weighted by Gasteiger charge is 2.19. The smallest absolute Gasteiger partial charge is 0.149 e. The van der Waals surface area contributed by atoms with Gasteiger partial charge in [0.05, 0.1) is 24.0 Å². The molecular formula is C25H30FN5O. The third kappa shape index (κ3) is 5.02. The quantitative estimate of drug-likeness (QED) is 0.426. The van der Waals surface area contributed by atoms with Crippen LogP contribution < -0.4 is 16.8 Å². The molecule has 0 aliphatic carbocycles. The lowest BCUT2D eigenvalue weighted by atomic mass is 9.96. The summed E-state index contributed by atoms with van der Waals surface area (Å²) in [4.78, 5) is 8.90. The molecule has 0 bridgehead atoms. The number of benzene rings is 2. The molecule has 3 rings (SSSR count). The summed E-state index contributed by atoms with van der Waals surface area (Å²) in [7, 11) is 1.76. The molecule has 7 heteroatoms. The first-order valence-electron chi connectivity index (χ1n) is 10.5. The van der Waals surface area contributed by atoms with Crippen LogP contribution in [0.2, 0.25) is 0 Å². The van der Waals surface area contributed by atoms with Crippen molar-refractivity contribution in [2.75, 3.05) is 12.8 Å². The zero-order chi connectivity index (χ0) is 23.4. The molecule has 2 atom stereocenters. The zero-order valence-electron chi connectivity index (χ0n) is 18.6. The molecular weight excluding hydrogens is 405 g/mol. The summed E-state index contributed by atoms with van der Waals surface area (Å²) in [6, 6.07) is 11.7. The summed E-state index contributed by atoms with van der Waals surface area (Å²) >= 11 is 0. The number of anilines is 1. The molecule has 0 saturated heterocycles. The van der Waals surface area contributed by atoms with Crippen LogP contribution in [-0.2, 0) is 6.54 Å². The van der Waals surface area contributed by atoms with E-state index in [9.17, 15) is 9.50 Å². The Bertz CT molecular complexity index is 1100. The van der Waals surface area contributed by atoms with Gasteiger partial charge in [0.15, 0.2) is 0 Å². The molecule has 3 aromatic rings. The molecule has 1 aromatic heterocycles. The number of nitrogen functional groups attached to an aromatic ring is 1. The van der Waals surface area contributed by atoms with E-state index in [1.807, 2.05) is 38.1 Å². The Morgan fingerprint density at radius 3 is 2.41 bits per heavy atom. The Balaban J connectivity index is 1.88. The van der Waals surface area contributed by atoms with Crippen molar-refractivity contribution in [2.24, 2.45) is 11.7 Å². The Hall–Kier alpha value is -3.13. The first-order chi connectivity index (χ1) is 15.2. The molecule has 1 heterocycles. The van der Waals surface area contributed by atoms with Crippen LogP contribution in [0.15, 0.2) is 55.2 Å². The fraction of sp³-hybridized carbons (Fsp3) is 0.280. The molecule has 168 valence electrons. The number of nitrogens with one attached hydrogen (secondary N) is 1. The molecule has 0 spiro atoms. The lowest BCUT2D eigenvalue weighted by Crippen LogP contribution is -2.15. The minimum atomic E-state index is -0.691. The highest BCUT2D eigenvalue weighted by Crippen LogP contribution is 2.31. The van der Waals surface area contributed by atoms with Crippen molar-refractivity contribution in [1.29, 1.82) is 0 Å². The van der Waals surface area contributed by atoms with Gasteiger partial charge >= 0.3 is 0 Å². The van der Waals surface area contributed by atoms with E-state index in [0.29, 0.717) is 34.6 Å². The third-order valence-electron chi connectivity index (χ3n) is 5.46. The van der Waals surface area contributed by atoms with Crippen molar-refractivity contribution >= 4 is 11.4 Å². The topological polar surface area (TPSA) is 110 Å². The summed E-state index contributed by atoms with van der Waals surface area (Å²) in [6.45, 7) is 8.42. The molecule has 6 N–H and O–H groups in total. The van der Waals surface area contributed by atoms with Crippen LogP contribution in [-0.4, -0.2) is 22.1 Å². The zero-order valence-corrected chi connectivity index (χ0v) is 18.6. The molecule has 0 fully saturated rings. The van der Waals surface area contributed by atoms with Crippen LogP contribution in [0.1, 0.15) is 48.4 Å². The van der Waals surface area contributed by atoms with Gasteiger partial charge in [0, 0.05) is 17.7 Å². The molecule has 0 aliphatic rings. The van der Waals surface area contributed by atoms with Crippen molar-refractivity contribution in [3.63, 3.8) is 0 Å². The number of halogens is 1. The van der Waals surface area contributed by atoms with Gasteiger partial charge in [-0.25, -0.2) is 14.4 Å². The summed E-state index contributed by atoms with van der Waals surface area (Å²) in [5, 5.41) is 13.2. The Labute approximate surface area is 188 Å². The molecule has 0 saturated carbocycles. The second-order valence-electron chi connectivity index (χ2n) is 8.18. The summed E-state index contributed by atoms with van der Waals surface area (Å²) in [6.07, 6.45) is 1.05. The van der Waals surface area contributed by atoms with Crippen molar-refractivity contribution < 1.29 is 9.50 Å². The molecule has 0 aliphatic heterocycles. The normalized spacial score (nSPS) is 13.2. The number of hydrogen-bond acceptors (Lipinski definition) is 6. The highest BCUT2D eigenvalue weighted by molar-refractivity contribution is 5.75. The van der Waals surface area contributed by atoms with E-state index in [0.717, 1.165) is 11.1 Å². The van der Waals surface area contributed by atoms with E-state index in [-0.39, 0.29) is 17.6 Å². The van der Waals surface area contributed by atoms with Gasteiger partial charge in [0.2, 0.25) is 0 Å². The standard InChI is InChI=1S/C25H30FN5O/c1-14(2)24(32)17-7-5-16(6-8-17)21-13-30-25(28)23(31-21)15(3)22(27)18-9-10-19(12-29-4)20(26)11-18/h5-11,13-14,22,24,29,32H,3,12,27H2,1-2,4H3,(H2,28,30). The Morgan fingerprint density at radius 1 is 1.16 bits per heavy atom. The average molecular weight is 436 g/mol. The van der Waals surface area contributed by atoms with Crippen LogP contribution in [0, 0.1) is 11.7 Å². The van der Waals surface area contributed by atoms with Crippen molar-refractivity contribution in [2.45, 2.75) is 32.5 Å². The van der Waals surface area contributed by atoms with Gasteiger partial charge in [0.25, 0.3) is 0 Å². The van der Waals surface area contributed by atoms with E-state index in [1.165, 1.54) is 6.07 Å². The Morgan fingerprint density at radius 2 is 1.81 bits per heavy atom. The first kappa shape index (κ1) is 23.5. The average Bonchev–Trinajstić information content (AvgIpc) is 2.79. The number of nitrogens with zero attached hydrogens (tertiary/aromatic N) is 2. The number of hydrogen-bond donors (Lipinski definition) is 4. The van der Waals surface area contributed by atoms with Crippen LogP contribution in [0.3, 0.4) is 0 Å². The van der Waals surface area contributed by atoms with Crippen molar-refractivity contribution in [1.82, 2.24) is 15.3 Å². The lowest BCUT2D eigenvalue weighted by Gasteiger charge is -2.18. The van der Waals surface area contributed by atoms with Gasteiger partial charge in [-0.15, -0.1) is 0 Å². The summed E-state index contributed by atoms with van der Waals surface area (Å²) in [5.74, 6) is -0.0179. The largest absolute Gasteiger partial charge is 0.388 e. The second-order valence-corrected chi connectivity index (χ2v) is 8.18. The third-order valence-corrected chi connectivity index (χ3v) is 5.46. The van der Waals surface area contributed by atoms with Gasteiger partial charge in [0.1, 0.15) is 17.3 Å². The predicted molar refractivity (Wildman–Crippen MR) is 127 cm³/mol. The maximum Gasteiger partial charge on any atom is 0.149 e. The molecule has 32 heavy (non-hydrogen) atoms. The van der Waals surface area contributed by atoms with E-state index >= 15 is 0 Å². The van der Waals surface area contributed by atoms with Gasteiger partial charge in [-0.05, 0) is 35.7 Å². The van der Waals surface area contributed by atoms with E-state index < -0.39 is 12.1 Å². The van der Waals surface area contributed by atoms with Crippen LogP contribution >= 0.6 is 0 Å². The number of nitrogens with two attached hydrogens (primary N) is 2. The van der Waals surface area contributed by atoms with E-state index in [1.54, 1.807) is 25.4 Å². The van der Waals surface area contributed by atoms with Crippen LogP contribution in [0.5, 0.6) is 0 Å². The van der Waals surface area contributed by atoms with Crippen molar-refractivity contribution in [3.05, 3.63) is 83.4 Å². The highest BCUT2D eigenvalue weighted by atomic mass is 19.1. The van der Waals surface area contributed by atoms with Gasteiger partial charge < -0.3 is 21.9 Å². The minimum absolute atomic E-state index is 0.116. The van der Waals surface area contributed by atoms with Gasteiger partial charge in [-0.3, -0.25) is 0 Å². The number of aromatic nitrogens is 2. The number of rotatable bonds is 8. The molecule has 0 amide bonds. The molecule has 2 unspecified atom stereocenters. The fourth-order valence-electron chi connectivity index (χ4n) is 3.45. The Kier molecular flexibility index (Phi) is 7.35. The number of aliphatic hydroxyl groups excluding tert-OH is 1. The maximum absolute atomic E-state index is 14.4. The van der Waals surface area contributed by atoms with Crippen LogP contribution in [0.4, 0.5) is 10.2 Å². The molecule has 2 aromatic carbocycles. The van der Waals surface area contributed by atoms with E-state index in [2.05, 4.69) is 21.9 Å².